The highest BCUT2D eigenvalue weighted by Crippen LogP contribution is 2.47. The Morgan fingerprint density at radius 2 is 1.43 bits per heavy atom. The van der Waals surface area contributed by atoms with Gasteiger partial charge in [0.1, 0.15) is 24.2 Å². The van der Waals surface area contributed by atoms with Gasteiger partial charge in [0.15, 0.2) is 0 Å². The summed E-state index contributed by atoms with van der Waals surface area (Å²) >= 11 is 0. The van der Waals surface area contributed by atoms with Crippen molar-refractivity contribution in [3.63, 3.8) is 0 Å². The Morgan fingerprint density at radius 1 is 0.714 bits per heavy atom. The van der Waals surface area contributed by atoms with Gasteiger partial charge in [0.2, 0.25) is 0 Å². The van der Waals surface area contributed by atoms with Crippen LogP contribution in [0.1, 0.15) is 46.1 Å². The number of ether oxygens (including phenoxy) is 2. The molecule has 4 aromatic rings. The maximum Gasteiger partial charge on any atom is 0.123 e. The quantitative estimate of drug-likeness (QED) is 0.342. The maximum atomic E-state index is 6.16. The van der Waals surface area contributed by atoms with Crippen LogP contribution >= 0.6 is 0 Å². The third-order valence-electron chi connectivity index (χ3n) is 7.34. The molecule has 3 heteroatoms. The van der Waals surface area contributed by atoms with E-state index in [1.165, 1.54) is 27.8 Å². The van der Waals surface area contributed by atoms with Gasteiger partial charge in [-0.2, -0.15) is 0 Å². The van der Waals surface area contributed by atoms with Gasteiger partial charge in [-0.25, -0.2) is 0 Å². The highest BCUT2D eigenvalue weighted by molar-refractivity contribution is 5.48. The third-order valence-corrected chi connectivity index (χ3v) is 7.34. The lowest BCUT2D eigenvalue weighted by atomic mass is 9.69. The molecule has 1 saturated heterocycles. The summed E-state index contributed by atoms with van der Waals surface area (Å²) in [7, 11) is 0. The normalized spacial score (nSPS) is 19.4. The van der Waals surface area contributed by atoms with E-state index in [2.05, 4.69) is 102 Å². The van der Waals surface area contributed by atoms with Crippen molar-refractivity contribution in [1.29, 1.82) is 0 Å². The minimum absolute atomic E-state index is 0.294. The average Bonchev–Trinajstić information content (AvgIpc) is 2.90. The first-order chi connectivity index (χ1) is 17.3. The molecule has 35 heavy (non-hydrogen) atoms. The number of rotatable bonds is 7. The van der Waals surface area contributed by atoms with Crippen LogP contribution in [0.2, 0.25) is 0 Å². The summed E-state index contributed by atoms with van der Waals surface area (Å²) in [5, 5.41) is 3.27. The summed E-state index contributed by atoms with van der Waals surface area (Å²) in [6.07, 6.45) is 2.47. The van der Waals surface area contributed by atoms with E-state index in [-0.39, 0.29) is 0 Å². The van der Waals surface area contributed by atoms with E-state index in [0.29, 0.717) is 24.5 Å². The molecule has 0 aromatic heterocycles. The zero-order chi connectivity index (χ0) is 23.5. The highest BCUT2D eigenvalue weighted by Gasteiger charge is 2.32. The summed E-state index contributed by atoms with van der Waals surface area (Å²) in [6, 6.07) is 36.8. The Balaban J connectivity index is 1.29. The van der Waals surface area contributed by atoms with E-state index in [4.69, 9.17) is 9.47 Å². The minimum atomic E-state index is 0.294. The smallest absolute Gasteiger partial charge is 0.123 e. The van der Waals surface area contributed by atoms with Crippen molar-refractivity contribution in [3.05, 3.63) is 131 Å². The van der Waals surface area contributed by atoms with Crippen molar-refractivity contribution in [2.24, 2.45) is 0 Å². The largest absolute Gasteiger partial charge is 0.489 e. The van der Waals surface area contributed by atoms with Crippen LogP contribution in [0.3, 0.4) is 0 Å². The maximum absolute atomic E-state index is 6.16. The molecular formula is C32H31NO2. The second kappa shape index (κ2) is 9.97. The first kappa shape index (κ1) is 21.9. The average molecular weight is 462 g/mol. The lowest BCUT2D eigenvalue weighted by molar-refractivity contribution is 0.142. The molecule has 3 nitrogen and oxygen atoms in total. The van der Waals surface area contributed by atoms with Crippen LogP contribution in [-0.2, 0) is 13.0 Å². The Bertz CT molecular complexity index is 1250. The lowest BCUT2D eigenvalue weighted by Crippen LogP contribution is -2.50. The van der Waals surface area contributed by atoms with E-state index >= 15 is 0 Å². The van der Waals surface area contributed by atoms with Gasteiger partial charge >= 0.3 is 0 Å². The van der Waals surface area contributed by atoms with Crippen LogP contribution in [-0.4, -0.2) is 19.2 Å². The molecule has 4 aromatic carbocycles. The lowest BCUT2D eigenvalue weighted by Gasteiger charge is -2.35. The van der Waals surface area contributed by atoms with Crippen LogP contribution < -0.4 is 14.8 Å². The van der Waals surface area contributed by atoms with Crippen LogP contribution in [0.4, 0.5) is 0 Å². The molecule has 0 amide bonds. The van der Waals surface area contributed by atoms with E-state index in [9.17, 15) is 0 Å². The van der Waals surface area contributed by atoms with Crippen molar-refractivity contribution >= 4 is 0 Å². The fraction of sp³-hybridized carbons (Fsp3) is 0.250. The summed E-state index contributed by atoms with van der Waals surface area (Å²) in [4.78, 5) is 0. The van der Waals surface area contributed by atoms with Gasteiger partial charge < -0.3 is 14.8 Å². The first-order valence-electron chi connectivity index (χ1n) is 12.7. The molecule has 1 heterocycles. The molecule has 1 N–H and O–H groups in total. The van der Waals surface area contributed by atoms with Crippen LogP contribution in [0, 0.1) is 0 Å². The van der Waals surface area contributed by atoms with Gasteiger partial charge in [-0.3, -0.25) is 0 Å². The van der Waals surface area contributed by atoms with Gasteiger partial charge in [-0.1, -0.05) is 78.9 Å². The molecule has 0 spiro atoms. The van der Waals surface area contributed by atoms with E-state index < -0.39 is 0 Å². The summed E-state index contributed by atoms with van der Waals surface area (Å²) in [5.41, 5.74) is 6.75. The van der Waals surface area contributed by atoms with Gasteiger partial charge in [-0.15, -0.1) is 0 Å². The molecule has 1 aliphatic carbocycles. The third kappa shape index (κ3) is 4.82. The molecule has 2 atom stereocenters. The van der Waals surface area contributed by atoms with Crippen LogP contribution in [0.5, 0.6) is 11.5 Å². The van der Waals surface area contributed by atoms with Crippen LogP contribution in [0.25, 0.3) is 0 Å². The van der Waals surface area contributed by atoms with Crippen molar-refractivity contribution < 1.29 is 9.47 Å². The topological polar surface area (TPSA) is 30.5 Å². The van der Waals surface area contributed by atoms with Gasteiger partial charge in [0.25, 0.3) is 0 Å². The summed E-state index contributed by atoms with van der Waals surface area (Å²) in [6.45, 7) is 2.46. The Hall–Kier alpha value is -3.56. The molecule has 6 rings (SSSR count). The molecular weight excluding hydrogens is 430 g/mol. The van der Waals surface area contributed by atoms with E-state index in [1.807, 2.05) is 6.07 Å². The second-order valence-corrected chi connectivity index (χ2v) is 9.64. The number of hydrogen-bond acceptors (Lipinski definition) is 3. The van der Waals surface area contributed by atoms with Crippen molar-refractivity contribution in [1.82, 2.24) is 5.32 Å². The van der Waals surface area contributed by atoms with Gasteiger partial charge in [0.05, 0.1) is 0 Å². The molecule has 0 saturated carbocycles. The SMILES string of the molecule is c1ccc(COc2ccc3c(c2)CC[C@H](c2ccccc2)C3c2ccc(OC3CNC3)cc2)cc1. The van der Waals surface area contributed by atoms with Crippen LogP contribution in [0.15, 0.2) is 103 Å². The monoisotopic (exact) mass is 461 g/mol. The molecule has 1 unspecified atom stereocenters. The molecule has 0 radical (unpaired) electrons. The number of hydrogen-bond donors (Lipinski definition) is 1. The van der Waals surface area contributed by atoms with Gasteiger partial charge in [0, 0.05) is 19.0 Å². The second-order valence-electron chi connectivity index (χ2n) is 9.64. The van der Waals surface area contributed by atoms with Crippen molar-refractivity contribution in [2.75, 3.05) is 13.1 Å². The fourth-order valence-electron chi connectivity index (χ4n) is 5.39. The summed E-state index contributed by atoms with van der Waals surface area (Å²) < 4.78 is 12.2. The minimum Gasteiger partial charge on any atom is -0.489 e. The van der Waals surface area contributed by atoms with Crippen molar-refractivity contribution in [3.8, 4) is 11.5 Å². The standard InChI is InChI=1S/C32H31NO2/c1-3-7-23(8-4-1)22-34-28-16-18-31-26(19-28)13-17-30(24-9-5-2-6-10-24)32(31)25-11-14-27(15-12-25)35-29-20-33-21-29/h1-12,14-16,18-19,29-30,32-33H,13,17,20-22H2/t30-,32?/m1/s1. The van der Waals surface area contributed by atoms with Gasteiger partial charge in [-0.05, 0) is 70.8 Å². The molecule has 2 aliphatic rings. The zero-order valence-electron chi connectivity index (χ0n) is 19.9. The summed E-state index contributed by atoms with van der Waals surface area (Å²) in [5.74, 6) is 2.66. The number of benzene rings is 4. The number of fused-ring (bicyclic) bond motifs is 1. The Labute approximate surface area is 207 Å². The molecule has 176 valence electrons. The first-order valence-corrected chi connectivity index (χ1v) is 12.7. The predicted molar refractivity (Wildman–Crippen MR) is 140 cm³/mol. The number of aryl methyl sites for hydroxylation is 1. The fourth-order valence-corrected chi connectivity index (χ4v) is 5.39. The Kier molecular flexibility index (Phi) is 6.25. The predicted octanol–water partition coefficient (Wildman–Crippen LogP) is 6.48. The van der Waals surface area contributed by atoms with E-state index in [0.717, 1.165) is 37.4 Å². The molecule has 1 fully saturated rings. The van der Waals surface area contributed by atoms with Crippen molar-refractivity contribution in [2.45, 2.75) is 37.4 Å². The zero-order valence-corrected chi connectivity index (χ0v) is 19.9. The highest BCUT2D eigenvalue weighted by atomic mass is 16.5. The number of nitrogens with one attached hydrogen (secondary N) is 1. The van der Waals surface area contributed by atoms with E-state index in [1.54, 1.807) is 0 Å². The molecule has 1 aliphatic heterocycles. The molecule has 0 bridgehead atoms. The Morgan fingerprint density at radius 3 is 2.14 bits per heavy atom.